The number of hydrogen-bond acceptors (Lipinski definition) is 3. The van der Waals surface area contributed by atoms with Gasteiger partial charge in [-0.3, -0.25) is 9.69 Å². The SMILES string of the molecule is CC(C)N1C(=O)CN(CCCO)CC1(C)C. The molecule has 1 saturated heterocycles. The molecule has 1 N–H and O–H groups in total. The summed E-state index contributed by atoms with van der Waals surface area (Å²) in [6.07, 6.45) is 0.741. The minimum Gasteiger partial charge on any atom is -0.396 e. The van der Waals surface area contributed by atoms with Gasteiger partial charge in [0.1, 0.15) is 0 Å². The summed E-state index contributed by atoms with van der Waals surface area (Å²) in [6.45, 7) is 10.7. The Morgan fingerprint density at radius 3 is 2.50 bits per heavy atom. The van der Waals surface area contributed by atoms with Crippen LogP contribution in [0.4, 0.5) is 0 Å². The van der Waals surface area contributed by atoms with Crippen LogP contribution in [-0.2, 0) is 4.79 Å². The molecule has 4 heteroatoms. The smallest absolute Gasteiger partial charge is 0.237 e. The highest BCUT2D eigenvalue weighted by molar-refractivity contribution is 5.80. The lowest BCUT2D eigenvalue weighted by atomic mass is 9.96. The molecule has 0 bridgehead atoms. The maximum atomic E-state index is 12.0. The van der Waals surface area contributed by atoms with Gasteiger partial charge in [-0.2, -0.15) is 0 Å². The van der Waals surface area contributed by atoms with Gasteiger partial charge in [-0.15, -0.1) is 0 Å². The van der Waals surface area contributed by atoms with Crippen molar-refractivity contribution in [1.29, 1.82) is 0 Å². The number of amides is 1. The summed E-state index contributed by atoms with van der Waals surface area (Å²) >= 11 is 0. The first kappa shape index (κ1) is 13.5. The number of rotatable bonds is 4. The fourth-order valence-electron chi connectivity index (χ4n) is 2.72. The van der Waals surface area contributed by atoms with Gasteiger partial charge in [0.25, 0.3) is 0 Å². The van der Waals surface area contributed by atoms with E-state index in [1.807, 2.05) is 4.90 Å². The largest absolute Gasteiger partial charge is 0.396 e. The van der Waals surface area contributed by atoms with E-state index in [0.717, 1.165) is 19.5 Å². The van der Waals surface area contributed by atoms with Crippen LogP contribution in [0.25, 0.3) is 0 Å². The van der Waals surface area contributed by atoms with Crippen LogP contribution in [-0.4, -0.2) is 58.6 Å². The zero-order valence-corrected chi connectivity index (χ0v) is 10.9. The Kier molecular flexibility index (Phi) is 4.33. The molecule has 0 aromatic rings. The lowest BCUT2D eigenvalue weighted by Crippen LogP contribution is -2.64. The highest BCUT2D eigenvalue weighted by Gasteiger charge is 2.39. The summed E-state index contributed by atoms with van der Waals surface area (Å²) in [5.41, 5.74) is -0.112. The second-order valence-electron chi connectivity index (χ2n) is 5.46. The number of carbonyl (C=O) groups is 1. The Morgan fingerprint density at radius 1 is 1.44 bits per heavy atom. The third kappa shape index (κ3) is 2.95. The topological polar surface area (TPSA) is 43.8 Å². The molecule has 0 unspecified atom stereocenters. The summed E-state index contributed by atoms with van der Waals surface area (Å²) in [5, 5.41) is 8.81. The van der Waals surface area contributed by atoms with Crippen LogP contribution in [0.1, 0.15) is 34.1 Å². The minimum atomic E-state index is -0.112. The summed E-state index contributed by atoms with van der Waals surface area (Å²) in [4.78, 5) is 16.2. The van der Waals surface area contributed by atoms with Crippen LogP contribution < -0.4 is 0 Å². The van der Waals surface area contributed by atoms with E-state index in [-0.39, 0.29) is 24.1 Å². The van der Waals surface area contributed by atoms with Gasteiger partial charge >= 0.3 is 0 Å². The molecule has 94 valence electrons. The molecule has 16 heavy (non-hydrogen) atoms. The van der Waals surface area contributed by atoms with Crippen molar-refractivity contribution in [2.24, 2.45) is 0 Å². The van der Waals surface area contributed by atoms with Crippen LogP contribution >= 0.6 is 0 Å². The van der Waals surface area contributed by atoms with Crippen molar-refractivity contribution < 1.29 is 9.90 Å². The van der Waals surface area contributed by atoms with Crippen molar-refractivity contribution >= 4 is 5.91 Å². The second kappa shape index (κ2) is 5.15. The average Bonchev–Trinajstić information content (AvgIpc) is 2.11. The lowest BCUT2D eigenvalue weighted by molar-refractivity contribution is -0.147. The molecule has 0 aromatic heterocycles. The molecule has 0 aromatic carbocycles. The summed E-state index contributed by atoms with van der Waals surface area (Å²) in [6, 6.07) is 0.252. The van der Waals surface area contributed by atoms with E-state index in [1.54, 1.807) is 0 Å². The van der Waals surface area contributed by atoms with E-state index in [4.69, 9.17) is 5.11 Å². The number of hydrogen-bond donors (Lipinski definition) is 1. The lowest BCUT2D eigenvalue weighted by Gasteiger charge is -2.49. The second-order valence-corrected chi connectivity index (χ2v) is 5.46. The van der Waals surface area contributed by atoms with Gasteiger partial charge in [0.2, 0.25) is 5.91 Å². The quantitative estimate of drug-likeness (QED) is 0.770. The fourth-order valence-corrected chi connectivity index (χ4v) is 2.72. The molecule has 1 amide bonds. The Bertz CT molecular complexity index is 251. The van der Waals surface area contributed by atoms with E-state index < -0.39 is 0 Å². The van der Waals surface area contributed by atoms with E-state index in [2.05, 4.69) is 32.6 Å². The number of carbonyl (C=O) groups excluding carboxylic acids is 1. The Labute approximate surface area is 98.2 Å². The first-order valence-corrected chi connectivity index (χ1v) is 6.04. The Hall–Kier alpha value is -0.610. The van der Waals surface area contributed by atoms with E-state index in [1.165, 1.54) is 0 Å². The third-order valence-corrected chi connectivity index (χ3v) is 3.04. The van der Waals surface area contributed by atoms with Crippen LogP contribution in [0.15, 0.2) is 0 Å². The van der Waals surface area contributed by atoms with Crippen LogP contribution in [0, 0.1) is 0 Å². The molecule has 1 aliphatic rings. The number of aliphatic hydroxyl groups excluding tert-OH is 1. The molecule has 1 aliphatic heterocycles. The van der Waals surface area contributed by atoms with Crippen LogP contribution in [0.3, 0.4) is 0 Å². The molecule has 1 fully saturated rings. The van der Waals surface area contributed by atoms with Crippen molar-refractivity contribution in [3.8, 4) is 0 Å². The molecular weight excluding hydrogens is 204 g/mol. The van der Waals surface area contributed by atoms with Gasteiger partial charge in [-0.1, -0.05) is 0 Å². The maximum Gasteiger partial charge on any atom is 0.237 e. The number of aliphatic hydroxyl groups is 1. The highest BCUT2D eigenvalue weighted by Crippen LogP contribution is 2.24. The van der Waals surface area contributed by atoms with Crippen LogP contribution in [0.2, 0.25) is 0 Å². The number of piperazine rings is 1. The first-order chi connectivity index (χ1) is 7.38. The molecule has 0 saturated carbocycles. The van der Waals surface area contributed by atoms with Gasteiger partial charge in [0.05, 0.1) is 12.1 Å². The normalized spacial score (nSPS) is 21.9. The maximum absolute atomic E-state index is 12.0. The highest BCUT2D eigenvalue weighted by atomic mass is 16.3. The van der Waals surface area contributed by atoms with Crippen molar-refractivity contribution in [2.75, 3.05) is 26.2 Å². The summed E-state index contributed by atoms with van der Waals surface area (Å²) in [5.74, 6) is 0.198. The summed E-state index contributed by atoms with van der Waals surface area (Å²) in [7, 11) is 0. The van der Waals surface area contributed by atoms with Crippen molar-refractivity contribution in [3.63, 3.8) is 0 Å². The predicted molar refractivity (Wildman–Crippen MR) is 64.2 cm³/mol. The third-order valence-electron chi connectivity index (χ3n) is 3.04. The van der Waals surface area contributed by atoms with Gasteiger partial charge in [0, 0.05) is 25.7 Å². The van der Waals surface area contributed by atoms with Crippen molar-refractivity contribution in [1.82, 2.24) is 9.80 Å². The Morgan fingerprint density at radius 2 is 2.06 bits per heavy atom. The zero-order chi connectivity index (χ0) is 12.3. The molecule has 4 nitrogen and oxygen atoms in total. The molecule has 0 spiro atoms. The molecule has 0 atom stereocenters. The molecular formula is C12H24N2O2. The van der Waals surface area contributed by atoms with Crippen molar-refractivity contribution in [3.05, 3.63) is 0 Å². The Balaban J connectivity index is 2.68. The minimum absolute atomic E-state index is 0.112. The van der Waals surface area contributed by atoms with Crippen molar-refractivity contribution in [2.45, 2.75) is 45.7 Å². The summed E-state index contributed by atoms with van der Waals surface area (Å²) < 4.78 is 0. The average molecular weight is 228 g/mol. The van der Waals surface area contributed by atoms with Gasteiger partial charge in [-0.05, 0) is 34.1 Å². The van der Waals surface area contributed by atoms with E-state index in [9.17, 15) is 4.79 Å². The molecule has 1 rings (SSSR count). The van der Waals surface area contributed by atoms with Gasteiger partial charge < -0.3 is 10.0 Å². The number of nitrogens with zero attached hydrogens (tertiary/aromatic N) is 2. The predicted octanol–water partition coefficient (Wildman–Crippen LogP) is 0.700. The first-order valence-electron chi connectivity index (χ1n) is 6.04. The zero-order valence-electron chi connectivity index (χ0n) is 10.9. The molecule has 0 radical (unpaired) electrons. The standard InChI is InChI=1S/C12H24N2O2/c1-10(2)14-11(16)8-13(6-5-7-15)9-12(14,3)4/h10,15H,5-9H2,1-4H3. The van der Waals surface area contributed by atoms with E-state index in [0.29, 0.717) is 6.54 Å². The van der Waals surface area contributed by atoms with Crippen LogP contribution in [0.5, 0.6) is 0 Å². The van der Waals surface area contributed by atoms with E-state index >= 15 is 0 Å². The van der Waals surface area contributed by atoms with Gasteiger partial charge in [0.15, 0.2) is 0 Å². The monoisotopic (exact) mass is 228 g/mol. The van der Waals surface area contributed by atoms with Gasteiger partial charge in [-0.25, -0.2) is 0 Å². The fraction of sp³-hybridized carbons (Fsp3) is 0.917. The molecule has 1 heterocycles. The molecule has 0 aliphatic carbocycles.